The Hall–Kier alpha value is -1.42. The Morgan fingerprint density at radius 3 is 2.79 bits per heavy atom. The van der Waals surface area contributed by atoms with Gasteiger partial charge in [0.15, 0.2) is 0 Å². The minimum atomic E-state index is -0.599. The molecule has 0 aromatic heterocycles. The zero-order valence-corrected chi connectivity index (χ0v) is 8.17. The summed E-state index contributed by atoms with van der Waals surface area (Å²) in [7, 11) is 0. The number of anilines is 1. The highest BCUT2D eigenvalue weighted by Gasteiger charge is 2.09. The lowest BCUT2D eigenvalue weighted by Crippen LogP contribution is -2.32. The molecule has 1 atom stereocenters. The van der Waals surface area contributed by atoms with Crippen LogP contribution in [0, 0.1) is 12.7 Å². The number of carbonyl (C=O) groups is 1. The maximum atomic E-state index is 12.8. The van der Waals surface area contributed by atoms with Crippen LogP contribution in [-0.4, -0.2) is 11.9 Å². The Morgan fingerprint density at radius 1 is 1.57 bits per heavy atom. The molecule has 3 N–H and O–H groups in total. The number of carbonyl (C=O) groups excluding carboxylic acids is 1. The van der Waals surface area contributed by atoms with Crippen molar-refractivity contribution in [3.63, 3.8) is 0 Å². The van der Waals surface area contributed by atoms with E-state index in [-0.39, 0.29) is 11.7 Å². The summed E-state index contributed by atoms with van der Waals surface area (Å²) in [6.07, 6.45) is 0. The second kappa shape index (κ2) is 4.19. The zero-order valence-electron chi connectivity index (χ0n) is 8.17. The summed E-state index contributed by atoms with van der Waals surface area (Å²) in [4.78, 5) is 11.2. The summed E-state index contributed by atoms with van der Waals surface area (Å²) in [5.74, 6) is -0.700. The van der Waals surface area contributed by atoms with Gasteiger partial charge in [-0.2, -0.15) is 0 Å². The predicted octanol–water partition coefficient (Wildman–Crippen LogP) is 1.42. The molecule has 0 saturated carbocycles. The third-order valence-electron chi connectivity index (χ3n) is 1.87. The van der Waals surface area contributed by atoms with Crippen molar-refractivity contribution in [3.05, 3.63) is 29.6 Å². The van der Waals surface area contributed by atoms with Crippen molar-refractivity contribution in [3.8, 4) is 0 Å². The molecule has 1 amide bonds. The van der Waals surface area contributed by atoms with Gasteiger partial charge in [0, 0.05) is 5.69 Å². The SMILES string of the molecule is Cc1ccc(F)cc1NC(=O)[C@@H](C)N. The van der Waals surface area contributed by atoms with Gasteiger partial charge in [0.05, 0.1) is 6.04 Å². The number of nitrogens with one attached hydrogen (secondary N) is 1. The van der Waals surface area contributed by atoms with Crippen LogP contribution < -0.4 is 11.1 Å². The van der Waals surface area contributed by atoms with E-state index in [1.54, 1.807) is 19.9 Å². The van der Waals surface area contributed by atoms with Gasteiger partial charge in [-0.3, -0.25) is 4.79 Å². The third-order valence-corrected chi connectivity index (χ3v) is 1.87. The number of aryl methyl sites for hydroxylation is 1. The number of hydrogen-bond donors (Lipinski definition) is 2. The van der Waals surface area contributed by atoms with Gasteiger partial charge < -0.3 is 11.1 Å². The average Bonchev–Trinajstić information content (AvgIpc) is 2.11. The topological polar surface area (TPSA) is 55.1 Å². The first-order valence-electron chi connectivity index (χ1n) is 4.33. The molecule has 0 aliphatic rings. The number of nitrogens with two attached hydrogens (primary N) is 1. The lowest BCUT2D eigenvalue weighted by Gasteiger charge is -2.10. The van der Waals surface area contributed by atoms with Crippen molar-refractivity contribution in [1.82, 2.24) is 0 Å². The van der Waals surface area contributed by atoms with Crippen LogP contribution in [0.3, 0.4) is 0 Å². The van der Waals surface area contributed by atoms with Crippen molar-refractivity contribution in [2.75, 3.05) is 5.32 Å². The normalized spacial score (nSPS) is 12.3. The van der Waals surface area contributed by atoms with Crippen molar-refractivity contribution in [1.29, 1.82) is 0 Å². The number of hydrogen-bond acceptors (Lipinski definition) is 2. The van der Waals surface area contributed by atoms with E-state index < -0.39 is 6.04 Å². The van der Waals surface area contributed by atoms with Gasteiger partial charge in [-0.15, -0.1) is 0 Å². The Bertz CT molecular complexity index is 350. The smallest absolute Gasteiger partial charge is 0.241 e. The van der Waals surface area contributed by atoms with Crippen LogP contribution in [0.15, 0.2) is 18.2 Å². The molecular formula is C10H13FN2O. The number of halogens is 1. The minimum absolute atomic E-state index is 0.321. The van der Waals surface area contributed by atoms with Crippen molar-refractivity contribution in [2.45, 2.75) is 19.9 Å². The van der Waals surface area contributed by atoms with Crippen LogP contribution in [-0.2, 0) is 4.79 Å². The van der Waals surface area contributed by atoms with E-state index >= 15 is 0 Å². The second-order valence-corrected chi connectivity index (χ2v) is 3.24. The molecule has 4 heteroatoms. The van der Waals surface area contributed by atoms with Gasteiger partial charge >= 0.3 is 0 Å². The summed E-state index contributed by atoms with van der Waals surface area (Å²) < 4.78 is 12.8. The maximum absolute atomic E-state index is 12.8. The summed E-state index contributed by atoms with van der Waals surface area (Å²) in [5, 5.41) is 2.55. The lowest BCUT2D eigenvalue weighted by atomic mass is 10.2. The van der Waals surface area contributed by atoms with Crippen molar-refractivity contribution in [2.24, 2.45) is 5.73 Å². The van der Waals surface area contributed by atoms with Crippen LogP contribution in [0.25, 0.3) is 0 Å². The Balaban J connectivity index is 2.86. The third kappa shape index (κ3) is 2.53. The Morgan fingerprint density at radius 2 is 2.21 bits per heavy atom. The zero-order chi connectivity index (χ0) is 10.7. The van der Waals surface area contributed by atoms with Gasteiger partial charge in [-0.25, -0.2) is 4.39 Å². The summed E-state index contributed by atoms with van der Waals surface area (Å²) >= 11 is 0. The van der Waals surface area contributed by atoms with Gasteiger partial charge in [-0.05, 0) is 31.5 Å². The van der Waals surface area contributed by atoms with Crippen molar-refractivity contribution >= 4 is 11.6 Å². The van der Waals surface area contributed by atoms with Gasteiger partial charge in [-0.1, -0.05) is 6.07 Å². The molecular weight excluding hydrogens is 183 g/mol. The molecule has 0 fully saturated rings. The molecule has 14 heavy (non-hydrogen) atoms. The van der Waals surface area contributed by atoms with E-state index in [4.69, 9.17) is 5.73 Å². The molecule has 0 heterocycles. The molecule has 3 nitrogen and oxygen atoms in total. The first-order chi connectivity index (χ1) is 6.50. The molecule has 1 rings (SSSR count). The monoisotopic (exact) mass is 196 g/mol. The quantitative estimate of drug-likeness (QED) is 0.751. The fourth-order valence-corrected chi connectivity index (χ4v) is 0.975. The molecule has 0 bridgehead atoms. The van der Waals surface area contributed by atoms with Gasteiger partial charge in [0.2, 0.25) is 5.91 Å². The van der Waals surface area contributed by atoms with Crippen LogP contribution in [0.5, 0.6) is 0 Å². The van der Waals surface area contributed by atoms with E-state index in [1.165, 1.54) is 12.1 Å². The molecule has 0 aliphatic heterocycles. The molecule has 0 radical (unpaired) electrons. The van der Waals surface area contributed by atoms with Crippen molar-refractivity contribution < 1.29 is 9.18 Å². The summed E-state index contributed by atoms with van der Waals surface area (Å²) in [6, 6.07) is 3.62. The lowest BCUT2D eigenvalue weighted by molar-refractivity contribution is -0.117. The maximum Gasteiger partial charge on any atom is 0.241 e. The highest BCUT2D eigenvalue weighted by molar-refractivity contribution is 5.94. The van der Waals surface area contributed by atoms with E-state index in [0.29, 0.717) is 5.69 Å². The molecule has 0 saturated heterocycles. The van der Waals surface area contributed by atoms with E-state index in [2.05, 4.69) is 5.32 Å². The Kier molecular flexibility index (Phi) is 3.19. The van der Waals surface area contributed by atoms with Crippen LogP contribution in [0.2, 0.25) is 0 Å². The standard InChI is InChI=1S/C10H13FN2O/c1-6-3-4-8(11)5-9(6)13-10(14)7(2)12/h3-5,7H,12H2,1-2H3,(H,13,14)/t7-/m1/s1. The Labute approximate surface area is 82.1 Å². The second-order valence-electron chi connectivity index (χ2n) is 3.24. The fraction of sp³-hybridized carbons (Fsp3) is 0.300. The molecule has 0 unspecified atom stereocenters. The molecule has 76 valence electrons. The molecule has 0 spiro atoms. The molecule has 0 aliphatic carbocycles. The predicted molar refractivity (Wildman–Crippen MR) is 53.4 cm³/mol. The van der Waals surface area contributed by atoms with E-state index in [0.717, 1.165) is 5.56 Å². The summed E-state index contributed by atoms with van der Waals surface area (Å²) in [6.45, 7) is 3.36. The highest BCUT2D eigenvalue weighted by atomic mass is 19.1. The average molecular weight is 196 g/mol. The highest BCUT2D eigenvalue weighted by Crippen LogP contribution is 2.15. The van der Waals surface area contributed by atoms with Crippen LogP contribution >= 0.6 is 0 Å². The molecule has 1 aromatic carbocycles. The number of benzene rings is 1. The number of amides is 1. The van der Waals surface area contributed by atoms with Crippen LogP contribution in [0.4, 0.5) is 10.1 Å². The van der Waals surface area contributed by atoms with E-state index in [1.807, 2.05) is 0 Å². The number of rotatable bonds is 2. The first-order valence-corrected chi connectivity index (χ1v) is 4.33. The largest absolute Gasteiger partial charge is 0.324 e. The summed E-state index contributed by atoms with van der Waals surface area (Å²) in [5.41, 5.74) is 6.64. The van der Waals surface area contributed by atoms with Gasteiger partial charge in [0.1, 0.15) is 5.82 Å². The first kappa shape index (κ1) is 10.7. The van der Waals surface area contributed by atoms with Gasteiger partial charge in [0.25, 0.3) is 0 Å². The fourth-order valence-electron chi connectivity index (χ4n) is 0.975. The molecule has 1 aromatic rings. The minimum Gasteiger partial charge on any atom is -0.324 e. The van der Waals surface area contributed by atoms with E-state index in [9.17, 15) is 9.18 Å². The van der Waals surface area contributed by atoms with Crippen LogP contribution in [0.1, 0.15) is 12.5 Å².